The lowest BCUT2D eigenvalue weighted by Crippen LogP contribution is -2.61. The van der Waals surface area contributed by atoms with Crippen LogP contribution in [0.2, 0.25) is 0 Å². The van der Waals surface area contributed by atoms with Gasteiger partial charge in [-0.2, -0.15) is 0 Å². The first-order valence-electron chi connectivity index (χ1n) is 9.05. The minimum absolute atomic E-state index is 0.105. The van der Waals surface area contributed by atoms with Crippen molar-refractivity contribution < 1.29 is 24.3 Å². The van der Waals surface area contributed by atoms with E-state index in [1.54, 1.807) is 6.92 Å². The van der Waals surface area contributed by atoms with E-state index in [1.165, 1.54) is 4.90 Å². The molecule has 0 radical (unpaired) electrons. The first-order chi connectivity index (χ1) is 13.5. The Morgan fingerprint density at radius 1 is 1.11 bits per heavy atom. The molecule has 0 bridgehead atoms. The standard InChI is InChI=1S/C21H20NO5P/c1-13(23)18-16-12-17(19(21(25)26)22(16)20(18)24)27-28(14-8-4-2-5-9-14)15-10-6-3-7-11-15/h2-11,13,16,18,23H,12H2,1H3,(H,25,26)/t13-,16-,18-/m1/s1. The zero-order valence-electron chi connectivity index (χ0n) is 15.2. The lowest BCUT2D eigenvalue weighted by molar-refractivity contribution is -0.161. The molecule has 28 heavy (non-hydrogen) atoms. The van der Waals surface area contributed by atoms with Gasteiger partial charge in [0, 0.05) is 17.0 Å². The number of carboxylic acids is 1. The summed E-state index contributed by atoms with van der Waals surface area (Å²) in [7, 11) is -1.29. The van der Waals surface area contributed by atoms with Crippen molar-refractivity contribution >= 4 is 30.6 Å². The highest BCUT2D eigenvalue weighted by Crippen LogP contribution is 2.48. The Balaban J connectivity index is 1.71. The highest BCUT2D eigenvalue weighted by Gasteiger charge is 2.57. The average Bonchev–Trinajstić information content (AvgIpc) is 3.01. The molecule has 0 saturated carbocycles. The smallest absolute Gasteiger partial charge is 0.356 e. The summed E-state index contributed by atoms with van der Waals surface area (Å²) < 4.78 is 6.30. The van der Waals surface area contributed by atoms with E-state index in [4.69, 9.17) is 4.52 Å². The second-order valence-electron chi connectivity index (χ2n) is 6.88. The summed E-state index contributed by atoms with van der Waals surface area (Å²) in [5.74, 6) is -1.84. The largest absolute Gasteiger partial charge is 0.476 e. The predicted molar refractivity (Wildman–Crippen MR) is 105 cm³/mol. The number of hydrogen-bond donors (Lipinski definition) is 2. The molecule has 2 N–H and O–H groups in total. The summed E-state index contributed by atoms with van der Waals surface area (Å²) in [6.45, 7) is 1.56. The fourth-order valence-electron chi connectivity index (χ4n) is 3.80. The summed E-state index contributed by atoms with van der Waals surface area (Å²) in [5.41, 5.74) is -0.105. The summed E-state index contributed by atoms with van der Waals surface area (Å²) in [6, 6.07) is 18.9. The van der Waals surface area contributed by atoms with Gasteiger partial charge in [0.15, 0.2) is 5.70 Å². The van der Waals surface area contributed by atoms with Gasteiger partial charge in [-0.15, -0.1) is 0 Å². The number of rotatable bonds is 6. The van der Waals surface area contributed by atoms with Gasteiger partial charge < -0.3 is 14.7 Å². The van der Waals surface area contributed by atoms with Crippen molar-refractivity contribution in [3.63, 3.8) is 0 Å². The molecule has 0 spiro atoms. The van der Waals surface area contributed by atoms with Gasteiger partial charge in [-0.3, -0.25) is 9.69 Å². The molecule has 0 aliphatic carbocycles. The molecular formula is C21H20NO5P. The number of aliphatic hydroxyl groups is 1. The Morgan fingerprint density at radius 3 is 2.11 bits per heavy atom. The van der Waals surface area contributed by atoms with Crippen molar-refractivity contribution in [1.29, 1.82) is 0 Å². The normalized spacial score (nSPS) is 22.1. The molecule has 1 saturated heterocycles. The maximum Gasteiger partial charge on any atom is 0.356 e. The number of aliphatic hydroxyl groups excluding tert-OH is 1. The molecular weight excluding hydrogens is 377 g/mol. The van der Waals surface area contributed by atoms with Crippen LogP contribution in [0.4, 0.5) is 0 Å². The molecule has 144 valence electrons. The monoisotopic (exact) mass is 397 g/mol. The Morgan fingerprint density at radius 2 is 1.64 bits per heavy atom. The molecule has 6 nitrogen and oxygen atoms in total. The molecule has 1 fully saturated rings. The molecule has 7 heteroatoms. The highest BCUT2D eigenvalue weighted by molar-refractivity contribution is 7.68. The molecule has 4 rings (SSSR count). The van der Waals surface area contributed by atoms with Crippen LogP contribution < -0.4 is 10.6 Å². The number of carbonyl (C=O) groups is 2. The first kappa shape index (κ1) is 18.7. The number of fused-ring (bicyclic) bond motifs is 1. The number of amides is 1. The molecule has 2 aromatic rings. The Kier molecular flexibility index (Phi) is 4.92. The van der Waals surface area contributed by atoms with Gasteiger partial charge in [0.1, 0.15) is 13.9 Å². The summed E-state index contributed by atoms with van der Waals surface area (Å²) in [4.78, 5) is 25.5. The van der Waals surface area contributed by atoms with Gasteiger partial charge in [0.25, 0.3) is 0 Å². The summed E-state index contributed by atoms with van der Waals surface area (Å²) in [6.07, 6.45) is -0.533. The molecule has 2 aliphatic heterocycles. The molecule has 2 aromatic carbocycles. The van der Waals surface area contributed by atoms with Gasteiger partial charge in [0.05, 0.1) is 18.1 Å². The van der Waals surface area contributed by atoms with E-state index in [-0.39, 0.29) is 17.6 Å². The zero-order valence-corrected chi connectivity index (χ0v) is 16.1. The molecule has 2 aliphatic rings. The lowest BCUT2D eigenvalue weighted by atomic mass is 9.83. The number of nitrogens with zero attached hydrogens (tertiary/aromatic N) is 1. The fourth-order valence-corrected chi connectivity index (χ4v) is 5.58. The topological polar surface area (TPSA) is 87.1 Å². The van der Waals surface area contributed by atoms with Crippen molar-refractivity contribution in [2.45, 2.75) is 25.5 Å². The maximum absolute atomic E-state index is 12.4. The van der Waals surface area contributed by atoms with Crippen LogP contribution in [0.25, 0.3) is 0 Å². The molecule has 2 heterocycles. The highest BCUT2D eigenvalue weighted by atomic mass is 31.1. The van der Waals surface area contributed by atoms with Crippen LogP contribution in [0.15, 0.2) is 72.1 Å². The van der Waals surface area contributed by atoms with Crippen molar-refractivity contribution in [3.8, 4) is 0 Å². The number of hydrogen-bond acceptors (Lipinski definition) is 4. The Hall–Kier alpha value is -2.69. The Labute approximate surface area is 163 Å². The van der Waals surface area contributed by atoms with Gasteiger partial charge >= 0.3 is 5.97 Å². The van der Waals surface area contributed by atoms with Crippen molar-refractivity contribution in [3.05, 3.63) is 72.1 Å². The fraction of sp³-hybridized carbons (Fsp3) is 0.238. The zero-order chi connectivity index (χ0) is 19.8. The van der Waals surface area contributed by atoms with Crippen LogP contribution in [-0.2, 0) is 14.1 Å². The number of carbonyl (C=O) groups excluding carboxylic acids is 1. The predicted octanol–water partition coefficient (Wildman–Crippen LogP) is 1.96. The second kappa shape index (κ2) is 7.38. The van der Waals surface area contributed by atoms with Gasteiger partial charge in [-0.1, -0.05) is 60.7 Å². The first-order valence-corrected chi connectivity index (χ1v) is 10.3. The average molecular weight is 397 g/mol. The van der Waals surface area contributed by atoms with Crippen LogP contribution in [0.5, 0.6) is 0 Å². The van der Waals surface area contributed by atoms with Crippen LogP contribution in [0.3, 0.4) is 0 Å². The third-order valence-corrected chi connectivity index (χ3v) is 7.01. The van der Waals surface area contributed by atoms with Gasteiger partial charge in [-0.05, 0) is 6.92 Å². The van der Waals surface area contributed by atoms with E-state index in [2.05, 4.69) is 0 Å². The second-order valence-corrected chi connectivity index (χ2v) is 8.68. The van der Waals surface area contributed by atoms with Crippen LogP contribution >= 0.6 is 8.15 Å². The number of β-lactam (4-membered cyclic amide) rings is 1. The van der Waals surface area contributed by atoms with E-state index >= 15 is 0 Å². The number of carboxylic acid groups (broad SMARTS) is 1. The van der Waals surface area contributed by atoms with Crippen LogP contribution in [0, 0.1) is 5.92 Å². The summed E-state index contributed by atoms with van der Waals surface area (Å²) in [5, 5.41) is 21.5. The van der Waals surface area contributed by atoms with Crippen molar-refractivity contribution in [2.24, 2.45) is 5.92 Å². The van der Waals surface area contributed by atoms with Crippen molar-refractivity contribution in [2.75, 3.05) is 0 Å². The SMILES string of the molecule is C[C@@H](O)[C@H]1C(=O)N2C(C(=O)O)=C(OP(c3ccccc3)c3ccccc3)C[C@H]12. The molecule has 0 unspecified atom stereocenters. The van der Waals surface area contributed by atoms with Crippen molar-refractivity contribution in [1.82, 2.24) is 4.90 Å². The minimum Gasteiger partial charge on any atom is -0.476 e. The number of aliphatic carboxylic acids is 1. The Bertz CT molecular complexity index is 889. The van der Waals surface area contributed by atoms with E-state index < -0.39 is 26.1 Å². The molecule has 3 atom stereocenters. The van der Waals surface area contributed by atoms with E-state index in [0.717, 1.165) is 10.6 Å². The van der Waals surface area contributed by atoms with Crippen LogP contribution in [0.1, 0.15) is 13.3 Å². The third kappa shape index (κ3) is 3.09. The van der Waals surface area contributed by atoms with Crippen LogP contribution in [-0.4, -0.2) is 39.1 Å². The maximum atomic E-state index is 12.4. The van der Waals surface area contributed by atoms with E-state index in [1.807, 2.05) is 60.7 Å². The minimum atomic E-state index is -1.29. The summed E-state index contributed by atoms with van der Waals surface area (Å²) >= 11 is 0. The number of benzene rings is 2. The van der Waals surface area contributed by atoms with E-state index in [9.17, 15) is 19.8 Å². The van der Waals surface area contributed by atoms with Gasteiger partial charge in [-0.25, -0.2) is 4.79 Å². The van der Waals surface area contributed by atoms with Gasteiger partial charge in [0.2, 0.25) is 5.91 Å². The molecule has 0 aromatic heterocycles. The van der Waals surface area contributed by atoms with E-state index in [0.29, 0.717) is 12.2 Å². The molecule has 1 amide bonds. The lowest BCUT2D eigenvalue weighted by Gasteiger charge is -2.44. The quantitative estimate of drug-likeness (QED) is 0.575. The third-order valence-electron chi connectivity index (χ3n) is 5.07.